The number of halogens is 1. The quantitative estimate of drug-likeness (QED) is 0.879. The van der Waals surface area contributed by atoms with Gasteiger partial charge in [-0.05, 0) is 44.0 Å². The summed E-state index contributed by atoms with van der Waals surface area (Å²) in [5, 5.41) is 11.4. The van der Waals surface area contributed by atoms with Crippen molar-refractivity contribution in [3.8, 4) is 0 Å². The molecule has 0 atom stereocenters. The Kier molecular flexibility index (Phi) is 3.64. The molecule has 0 bridgehead atoms. The normalized spacial score (nSPS) is 14.5. The van der Waals surface area contributed by atoms with Crippen LogP contribution in [-0.4, -0.2) is 22.8 Å². The molecule has 6 heteroatoms. The van der Waals surface area contributed by atoms with Crippen LogP contribution in [0.2, 0.25) is 0 Å². The zero-order valence-corrected chi connectivity index (χ0v) is 11.3. The van der Waals surface area contributed by atoms with Crippen molar-refractivity contribution in [2.75, 3.05) is 11.4 Å². The predicted molar refractivity (Wildman–Crippen MR) is 73.2 cm³/mol. The van der Waals surface area contributed by atoms with Gasteiger partial charge in [-0.25, -0.2) is 4.39 Å². The maximum atomic E-state index is 13.0. The summed E-state index contributed by atoms with van der Waals surface area (Å²) in [6.45, 7) is 3.25. The van der Waals surface area contributed by atoms with Crippen LogP contribution in [0.25, 0.3) is 0 Å². The SMILES string of the molecule is CCN(c1ccc(F)cc1)c1nnc(CNC2CC2)o1. The summed E-state index contributed by atoms with van der Waals surface area (Å²) >= 11 is 0. The van der Waals surface area contributed by atoms with E-state index in [0.717, 1.165) is 5.69 Å². The van der Waals surface area contributed by atoms with Crippen molar-refractivity contribution >= 4 is 11.7 Å². The number of hydrogen-bond donors (Lipinski definition) is 1. The maximum Gasteiger partial charge on any atom is 0.322 e. The minimum atomic E-state index is -0.260. The third kappa shape index (κ3) is 2.96. The molecule has 0 saturated heterocycles. The fraction of sp³-hybridized carbons (Fsp3) is 0.429. The van der Waals surface area contributed by atoms with Crippen molar-refractivity contribution < 1.29 is 8.81 Å². The molecule has 0 unspecified atom stereocenters. The fourth-order valence-corrected chi connectivity index (χ4v) is 1.99. The highest BCUT2D eigenvalue weighted by atomic mass is 19.1. The van der Waals surface area contributed by atoms with Crippen LogP contribution in [0.5, 0.6) is 0 Å². The van der Waals surface area contributed by atoms with Crippen LogP contribution in [-0.2, 0) is 6.54 Å². The number of nitrogens with one attached hydrogen (secondary N) is 1. The Bertz CT molecular complexity index is 565. The molecule has 0 aliphatic heterocycles. The first kappa shape index (κ1) is 13.1. The summed E-state index contributed by atoms with van der Waals surface area (Å²) in [5.41, 5.74) is 0.833. The number of anilines is 2. The lowest BCUT2D eigenvalue weighted by Gasteiger charge is -2.17. The number of hydrogen-bond acceptors (Lipinski definition) is 5. The smallest absolute Gasteiger partial charge is 0.322 e. The molecule has 5 nitrogen and oxygen atoms in total. The number of aromatic nitrogens is 2. The largest absolute Gasteiger partial charge is 0.406 e. The van der Waals surface area contributed by atoms with Crippen molar-refractivity contribution in [3.63, 3.8) is 0 Å². The van der Waals surface area contributed by atoms with Gasteiger partial charge >= 0.3 is 6.01 Å². The summed E-state index contributed by atoms with van der Waals surface area (Å²) in [4.78, 5) is 1.85. The molecule has 20 heavy (non-hydrogen) atoms. The Morgan fingerprint density at radius 3 is 2.70 bits per heavy atom. The van der Waals surface area contributed by atoms with Crippen molar-refractivity contribution in [2.45, 2.75) is 32.4 Å². The Balaban J connectivity index is 1.72. The van der Waals surface area contributed by atoms with E-state index in [1.165, 1.54) is 25.0 Å². The summed E-state index contributed by atoms with van der Waals surface area (Å²) < 4.78 is 18.6. The van der Waals surface area contributed by atoms with E-state index in [0.29, 0.717) is 31.0 Å². The van der Waals surface area contributed by atoms with Gasteiger partial charge < -0.3 is 9.73 Å². The van der Waals surface area contributed by atoms with Gasteiger partial charge in [-0.15, -0.1) is 5.10 Å². The van der Waals surface area contributed by atoms with Gasteiger partial charge in [0.05, 0.1) is 6.54 Å². The molecular formula is C14H17FN4O. The lowest BCUT2D eigenvalue weighted by atomic mass is 10.3. The maximum absolute atomic E-state index is 13.0. The first-order chi connectivity index (χ1) is 9.76. The van der Waals surface area contributed by atoms with E-state index >= 15 is 0 Å². The standard InChI is InChI=1S/C14H17FN4O/c1-2-19(12-7-3-10(15)4-8-12)14-18-17-13(20-14)9-16-11-5-6-11/h3-4,7-8,11,16H,2,5-6,9H2,1H3. The molecule has 0 spiro atoms. The molecule has 1 aromatic carbocycles. The van der Waals surface area contributed by atoms with Crippen molar-refractivity contribution in [2.24, 2.45) is 0 Å². The first-order valence-corrected chi connectivity index (χ1v) is 6.85. The molecule has 1 aliphatic rings. The van der Waals surface area contributed by atoms with Crippen LogP contribution in [0, 0.1) is 5.82 Å². The Morgan fingerprint density at radius 1 is 1.30 bits per heavy atom. The molecule has 1 aliphatic carbocycles. The molecule has 0 amide bonds. The second kappa shape index (κ2) is 5.58. The van der Waals surface area contributed by atoms with Gasteiger partial charge in [-0.2, -0.15) is 0 Å². The molecule has 1 N–H and O–H groups in total. The van der Waals surface area contributed by atoms with Crippen LogP contribution in [0.1, 0.15) is 25.7 Å². The van der Waals surface area contributed by atoms with Crippen LogP contribution >= 0.6 is 0 Å². The second-order valence-corrected chi connectivity index (χ2v) is 4.85. The van der Waals surface area contributed by atoms with Gasteiger partial charge in [0.25, 0.3) is 0 Å². The minimum absolute atomic E-state index is 0.260. The molecule has 1 heterocycles. The highest BCUT2D eigenvalue weighted by molar-refractivity contribution is 5.55. The molecule has 1 saturated carbocycles. The summed E-state index contributed by atoms with van der Waals surface area (Å²) in [5.74, 6) is 0.317. The van der Waals surface area contributed by atoms with E-state index in [9.17, 15) is 4.39 Å². The Morgan fingerprint density at radius 2 is 2.05 bits per heavy atom. The monoisotopic (exact) mass is 276 g/mol. The van der Waals surface area contributed by atoms with E-state index in [-0.39, 0.29) is 5.82 Å². The van der Waals surface area contributed by atoms with Crippen LogP contribution in [0.4, 0.5) is 16.1 Å². The minimum Gasteiger partial charge on any atom is -0.406 e. The van der Waals surface area contributed by atoms with Gasteiger partial charge in [0.1, 0.15) is 5.82 Å². The third-order valence-corrected chi connectivity index (χ3v) is 3.26. The third-order valence-electron chi connectivity index (χ3n) is 3.26. The molecule has 1 aromatic heterocycles. The average Bonchev–Trinajstić information content (AvgIpc) is 3.18. The van der Waals surface area contributed by atoms with Crippen molar-refractivity contribution in [3.05, 3.63) is 36.0 Å². The average molecular weight is 276 g/mol. The first-order valence-electron chi connectivity index (χ1n) is 6.85. The van der Waals surface area contributed by atoms with Crippen molar-refractivity contribution in [1.29, 1.82) is 0 Å². The van der Waals surface area contributed by atoms with Gasteiger partial charge in [-0.3, -0.25) is 4.90 Å². The van der Waals surface area contributed by atoms with E-state index in [1.807, 2.05) is 11.8 Å². The molecule has 3 rings (SSSR count). The topological polar surface area (TPSA) is 54.2 Å². The van der Waals surface area contributed by atoms with Crippen LogP contribution < -0.4 is 10.2 Å². The van der Waals surface area contributed by atoms with E-state index in [4.69, 9.17) is 4.42 Å². The zero-order valence-electron chi connectivity index (χ0n) is 11.3. The predicted octanol–water partition coefficient (Wildman–Crippen LogP) is 2.62. The number of benzene rings is 1. The zero-order chi connectivity index (χ0) is 13.9. The number of nitrogens with zero attached hydrogens (tertiary/aromatic N) is 3. The van der Waals surface area contributed by atoms with Gasteiger partial charge in [0.15, 0.2) is 0 Å². The number of rotatable bonds is 6. The molecular weight excluding hydrogens is 259 g/mol. The highest BCUT2D eigenvalue weighted by Gasteiger charge is 2.21. The van der Waals surface area contributed by atoms with Gasteiger partial charge in [0.2, 0.25) is 5.89 Å². The van der Waals surface area contributed by atoms with Crippen LogP contribution in [0.3, 0.4) is 0 Å². The van der Waals surface area contributed by atoms with Crippen molar-refractivity contribution in [1.82, 2.24) is 15.5 Å². The fourth-order valence-electron chi connectivity index (χ4n) is 1.99. The molecule has 106 valence electrons. The van der Waals surface area contributed by atoms with Gasteiger partial charge in [0, 0.05) is 18.3 Å². The molecule has 1 fully saturated rings. The summed E-state index contributed by atoms with van der Waals surface area (Å²) in [7, 11) is 0. The summed E-state index contributed by atoms with van der Waals surface area (Å²) in [6, 6.07) is 7.28. The lowest BCUT2D eigenvalue weighted by Crippen LogP contribution is -2.16. The molecule has 2 aromatic rings. The van der Waals surface area contributed by atoms with Crippen LogP contribution in [0.15, 0.2) is 28.7 Å². The Hall–Kier alpha value is -1.95. The van der Waals surface area contributed by atoms with E-state index < -0.39 is 0 Å². The highest BCUT2D eigenvalue weighted by Crippen LogP contribution is 2.24. The second-order valence-electron chi connectivity index (χ2n) is 4.85. The summed E-state index contributed by atoms with van der Waals surface area (Å²) in [6.07, 6.45) is 2.44. The van der Waals surface area contributed by atoms with Gasteiger partial charge in [-0.1, -0.05) is 5.10 Å². The lowest BCUT2D eigenvalue weighted by molar-refractivity contribution is 0.468. The molecule has 0 radical (unpaired) electrons. The Labute approximate surface area is 116 Å². The van der Waals surface area contributed by atoms with E-state index in [2.05, 4.69) is 15.5 Å². The van der Waals surface area contributed by atoms with E-state index in [1.54, 1.807) is 12.1 Å².